The van der Waals surface area contributed by atoms with E-state index < -0.39 is 0 Å². The summed E-state index contributed by atoms with van der Waals surface area (Å²) in [7, 11) is 0. The third-order valence-electron chi connectivity index (χ3n) is 6.92. The summed E-state index contributed by atoms with van der Waals surface area (Å²) in [6.45, 7) is 11.4. The zero-order valence-corrected chi connectivity index (χ0v) is 18.1. The van der Waals surface area contributed by atoms with E-state index in [1.165, 1.54) is 71.4 Å². The molecule has 0 bridgehead atoms. The highest BCUT2D eigenvalue weighted by Crippen LogP contribution is 2.47. The maximum absolute atomic E-state index is 2.76. The molecule has 1 fully saturated rings. The maximum Gasteiger partial charge on any atom is 0.133 e. The van der Waals surface area contributed by atoms with Gasteiger partial charge in [-0.1, -0.05) is 55.7 Å². The second-order valence-corrected chi connectivity index (χ2v) is 8.71. The van der Waals surface area contributed by atoms with Gasteiger partial charge in [0.25, 0.3) is 0 Å². The number of nitrogens with zero attached hydrogens (tertiary/aromatic N) is 2. The topological polar surface area (TPSA) is 6.48 Å². The first-order chi connectivity index (χ1) is 13.5. The Kier molecular flexibility index (Phi) is 5.23. The monoisotopic (exact) mass is 374 g/mol. The SMILES string of the molecule is CC1=C(C)N(C2CCCCC2)C(c2c(C)cccc2C)N1c1ccccc1C. The quantitative estimate of drug-likeness (QED) is 0.570. The second-order valence-electron chi connectivity index (χ2n) is 8.71. The number of aryl methyl sites for hydroxylation is 3. The number of hydrogen-bond acceptors (Lipinski definition) is 2. The molecule has 0 radical (unpaired) electrons. The lowest BCUT2D eigenvalue weighted by Crippen LogP contribution is -2.41. The van der Waals surface area contributed by atoms with Gasteiger partial charge in [0.2, 0.25) is 0 Å². The molecule has 28 heavy (non-hydrogen) atoms. The van der Waals surface area contributed by atoms with Gasteiger partial charge in [-0.05, 0) is 70.2 Å². The number of allylic oxidation sites excluding steroid dienone is 2. The number of anilines is 1. The first-order valence-corrected chi connectivity index (χ1v) is 10.9. The van der Waals surface area contributed by atoms with Crippen molar-refractivity contribution in [2.24, 2.45) is 0 Å². The average Bonchev–Trinajstić information content (AvgIpc) is 2.94. The summed E-state index contributed by atoms with van der Waals surface area (Å²) in [5.41, 5.74) is 9.79. The van der Waals surface area contributed by atoms with Crippen molar-refractivity contribution in [3.8, 4) is 0 Å². The van der Waals surface area contributed by atoms with Gasteiger partial charge in [-0.25, -0.2) is 0 Å². The van der Waals surface area contributed by atoms with Crippen LogP contribution in [0.5, 0.6) is 0 Å². The van der Waals surface area contributed by atoms with E-state index in [-0.39, 0.29) is 6.17 Å². The Morgan fingerprint density at radius 3 is 1.93 bits per heavy atom. The molecule has 1 atom stereocenters. The summed E-state index contributed by atoms with van der Waals surface area (Å²) in [4.78, 5) is 5.37. The Balaban J connectivity index is 1.90. The minimum absolute atomic E-state index is 0.255. The molecule has 4 rings (SSSR count). The summed E-state index contributed by atoms with van der Waals surface area (Å²) in [5.74, 6) is 0. The lowest BCUT2D eigenvalue weighted by atomic mass is 9.91. The first kappa shape index (κ1) is 19.1. The third-order valence-corrected chi connectivity index (χ3v) is 6.92. The number of para-hydroxylation sites is 1. The zero-order valence-electron chi connectivity index (χ0n) is 18.1. The number of benzene rings is 2. The predicted molar refractivity (Wildman–Crippen MR) is 119 cm³/mol. The molecule has 2 aliphatic rings. The molecular formula is C26H34N2. The Hall–Kier alpha value is -2.22. The fourth-order valence-electron chi connectivity index (χ4n) is 5.33. The highest BCUT2D eigenvalue weighted by Gasteiger charge is 2.41. The van der Waals surface area contributed by atoms with Crippen molar-refractivity contribution in [3.05, 3.63) is 76.1 Å². The van der Waals surface area contributed by atoms with Crippen LogP contribution in [-0.2, 0) is 0 Å². The van der Waals surface area contributed by atoms with Gasteiger partial charge in [0.15, 0.2) is 0 Å². The van der Waals surface area contributed by atoms with E-state index in [2.05, 4.69) is 86.9 Å². The Labute approximate surface area is 170 Å². The molecule has 0 N–H and O–H groups in total. The molecule has 2 heteroatoms. The van der Waals surface area contributed by atoms with E-state index in [1.807, 2.05) is 0 Å². The van der Waals surface area contributed by atoms with E-state index in [9.17, 15) is 0 Å². The lowest BCUT2D eigenvalue weighted by Gasteiger charge is -2.42. The van der Waals surface area contributed by atoms with Crippen molar-refractivity contribution < 1.29 is 0 Å². The van der Waals surface area contributed by atoms with E-state index in [1.54, 1.807) is 0 Å². The molecule has 1 heterocycles. The fraction of sp³-hybridized carbons (Fsp3) is 0.462. The van der Waals surface area contributed by atoms with Crippen LogP contribution in [0.3, 0.4) is 0 Å². The molecule has 2 nitrogen and oxygen atoms in total. The zero-order chi connectivity index (χ0) is 19.8. The summed E-state index contributed by atoms with van der Waals surface area (Å²) in [6, 6.07) is 16.2. The van der Waals surface area contributed by atoms with E-state index in [0.29, 0.717) is 6.04 Å². The Bertz CT molecular complexity index is 869. The molecule has 2 aromatic rings. The van der Waals surface area contributed by atoms with Crippen molar-refractivity contribution in [2.75, 3.05) is 4.90 Å². The van der Waals surface area contributed by atoms with Crippen LogP contribution in [0.4, 0.5) is 5.69 Å². The van der Waals surface area contributed by atoms with Gasteiger partial charge in [-0.2, -0.15) is 0 Å². The molecule has 0 spiro atoms. The molecule has 148 valence electrons. The van der Waals surface area contributed by atoms with E-state index in [4.69, 9.17) is 0 Å². The molecule has 0 amide bonds. The number of hydrogen-bond donors (Lipinski definition) is 0. The standard InChI is InChI=1S/C26H34N2/c1-18-12-9-10-17-24(18)28-22(5)21(4)27(23-15-7-6-8-16-23)26(28)25-19(2)13-11-14-20(25)3/h9-14,17,23,26H,6-8,15-16H2,1-5H3. The van der Waals surface area contributed by atoms with Crippen LogP contribution < -0.4 is 4.90 Å². The van der Waals surface area contributed by atoms with Crippen LogP contribution in [0.15, 0.2) is 53.9 Å². The molecule has 1 aliphatic carbocycles. The van der Waals surface area contributed by atoms with Gasteiger partial charge in [0.05, 0.1) is 0 Å². The Morgan fingerprint density at radius 1 is 0.679 bits per heavy atom. The molecular weight excluding hydrogens is 340 g/mol. The van der Waals surface area contributed by atoms with Crippen molar-refractivity contribution in [3.63, 3.8) is 0 Å². The van der Waals surface area contributed by atoms with Crippen LogP contribution in [0, 0.1) is 20.8 Å². The van der Waals surface area contributed by atoms with Crippen LogP contribution in [-0.4, -0.2) is 10.9 Å². The summed E-state index contributed by atoms with van der Waals surface area (Å²) >= 11 is 0. The predicted octanol–water partition coefficient (Wildman–Crippen LogP) is 7.02. The van der Waals surface area contributed by atoms with Crippen LogP contribution in [0.25, 0.3) is 0 Å². The molecule has 2 aromatic carbocycles. The van der Waals surface area contributed by atoms with Crippen molar-refractivity contribution in [1.29, 1.82) is 0 Å². The van der Waals surface area contributed by atoms with Crippen LogP contribution in [0.1, 0.15) is 74.4 Å². The smallest absolute Gasteiger partial charge is 0.133 e. The second kappa shape index (κ2) is 7.66. The molecule has 0 saturated heterocycles. The highest BCUT2D eigenvalue weighted by molar-refractivity contribution is 5.62. The average molecular weight is 375 g/mol. The van der Waals surface area contributed by atoms with Gasteiger partial charge in [0, 0.05) is 28.7 Å². The minimum Gasteiger partial charge on any atom is -0.346 e. The fourth-order valence-corrected chi connectivity index (χ4v) is 5.33. The van der Waals surface area contributed by atoms with Crippen molar-refractivity contribution in [2.45, 2.75) is 78.9 Å². The first-order valence-electron chi connectivity index (χ1n) is 10.9. The molecule has 1 unspecified atom stereocenters. The van der Waals surface area contributed by atoms with E-state index >= 15 is 0 Å². The van der Waals surface area contributed by atoms with Crippen molar-refractivity contribution >= 4 is 5.69 Å². The third kappa shape index (κ3) is 3.13. The summed E-state index contributed by atoms with van der Waals surface area (Å²) < 4.78 is 0. The largest absolute Gasteiger partial charge is 0.346 e. The summed E-state index contributed by atoms with van der Waals surface area (Å²) in [6.07, 6.45) is 6.99. The normalized spacial score (nSPS) is 21.0. The van der Waals surface area contributed by atoms with Crippen molar-refractivity contribution in [1.82, 2.24) is 4.90 Å². The van der Waals surface area contributed by atoms with Gasteiger partial charge in [-0.3, -0.25) is 0 Å². The highest BCUT2D eigenvalue weighted by atomic mass is 15.4. The molecule has 1 saturated carbocycles. The Morgan fingerprint density at radius 2 is 1.29 bits per heavy atom. The summed E-state index contributed by atoms with van der Waals surface area (Å²) in [5, 5.41) is 0. The van der Waals surface area contributed by atoms with Crippen LogP contribution in [0.2, 0.25) is 0 Å². The van der Waals surface area contributed by atoms with Gasteiger partial charge >= 0.3 is 0 Å². The van der Waals surface area contributed by atoms with Gasteiger partial charge in [0.1, 0.15) is 6.17 Å². The molecule has 0 aromatic heterocycles. The maximum atomic E-state index is 2.76. The van der Waals surface area contributed by atoms with Crippen LogP contribution >= 0.6 is 0 Å². The van der Waals surface area contributed by atoms with E-state index in [0.717, 1.165) is 0 Å². The molecule has 1 aliphatic heterocycles. The number of rotatable bonds is 3. The van der Waals surface area contributed by atoms with Gasteiger partial charge in [-0.15, -0.1) is 0 Å². The van der Waals surface area contributed by atoms with Gasteiger partial charge < -0.3 is 9.80 Å². The lowest BCUT2D eigenvalue weighted by molar-refractivity contribution is 0.162. The minimum atomic E-state index is 0.255.